The van der Waals surface area contributed by atoms with Gasteiger partial charge in [-0.25, -0.2) is 4.79 Å². The SMILES string of the molecule is CC(C)Cc1cc(C(=O)O)c(C2CC2)[nH]1. The highest BCUT2D eigenvalue weighted by Crippen LogP contribution is 2.41. The van der Waals surface area contributed by atoms with E-state index in [1.807, 2.05) is 0 Å². The number of rotatable bonds is 4. The molecule has 1 heterocycles. The summed E-state index contributed by atoms with van der Waals surface area (Å²) < 4.78 is 0. The predicted octanol–water partition coefficient (Wildman–Crippen LogP) is 2.79. The molecule has 0 aromatic carbocycles. The third-order valence-electron chi connectivity index (χ3n) is 2.75. The molecule has 0 amide bonds. The lowest BCUT2D eigenvalue weighted by Crippen LogP contribution is -1.98. The summed E-state index contributed by atoms with van der Waals surface area (Å²) in [5.41, 5.74) is 2.48. The molecule has 2 rings (SSSR count). The molecular weight excluding hydrogens is 190 g/mol. The minimum atomic E-state index is -0.803. The maximum absolute atomic E-state index is 11.0. The Bertz CT molecular complexity index is 375. The van der Waals surface area contributed by atoms with Crippen LogP contribution in [0, 0.1) is 5.92 Å². The number of carboxylic acids is 1. The van der Waals surface area contributed by atoms with Gasteiger partial charge in [0, 0.05) is 11.4 Å². The Morgan fingerprint density at radius 3 is 2.73 bits per heavy atom. The van der Waals surface area contributed by atoms with E-state index in [0.29, 0.717) is 17.4 Å². The molecule has 0 aliphatic heterocycles. The van der Waals surface area contributed by atoms with Crippen molar-refractivity contribution in [1.82, 2.24) is 4.98 Å². The summed E-state index contributed by atoms with van der Waals surface area (Å²) >= 11 is 0. The van der Waals surface area contributed by atoms with Gasteiger partial charge < -0.3 is 10.1 Å². The Morgan fingerprint density at radius 2 is 2.27 bits per heavy atom. The van der Waals surface area contributed by atoms with Gasteiger partial charge in [0.05, 0.1) is 5.56 Å². The van der Waals surface area contributed by atoms with Crippen molar-refractivity contribution in [3.63, 3.8) is 0 Å². The van der Waals surface area contributed by atoms with Crippen LogP contribution in [0.4, 0.5) is 0 Å². The second kappa shape index (κ2) is 3.72. The van der Waals surface area contributed by atoms with Gasteiger partial charge in [-0.15, -0.1) is 0 Å². The highest BCUT2D eigenvalue weighted by Gasteiger charge is 2.30. The first kappa shape index (κ1) is 10.3. The third-order valence-corrected chi connectivity index (χ3v) is 2.75. The van der Waals surface area contributed by atoms with Crippen molar-refractivity contribution in [2.75, 3.05) is 0 Å². The molecule has 0 spiro atoms. The first-order valence-electron chi connectivity index (χ1n) is 5.53. The normalized spacial score (nSPS) is 15.9. The van der Waals surface area contributed by atoms with Gasteiger partial charge in [-0.1, -0.05) is 13.8 Å². The molecule has 1 saturated carbocycles. The lowest BCUT2D eigenvalue weighted by atomic mass is 10.1. The van der Waals surface area contributed by atoms with E-state index in [1.54, 1.807) is 6.07 Å². The maximum atomic E-state index is 11.0. The summed E-state index contributed by atoms with van der Waals surface area (Å²) in [6.07, 6.45) is 3.18. The molecule has 1 aromatic heterocycles. The molecule has 15 heavy (non-hydrogen) atoms. The Labute approximate surface area is 89.5 Å². The third kappa shape index (κ3) is 2.22. The molecule has 3 heteroatoms. The van der Waals surface area contributed by atoms with Crippen LogP contribution in [-0.4, -0.2) is 16.1 Å². The highest BCUT2D eigenvalue weighted by molar-refractivity contribution is 5.89. The van der Waals surface area contributed by atoms with Crippen LogP contribution in [0.15, 0.2) is 6.07 Å². The number of aromatic nitrogens is 1. The molecule has 1 aliphatic rings. The molecule has 2 N–H and O–H groups in total. The van der Waals surface area contributed by atoms with E-state index in [1.165, 1.54) is 0 Å². The summed E-state index contributed by atoms with van der Waals surface area (Å²) in [5, 5.41) is 9.07. The highest BCUT2D eigenvalue weighted by atomic mass is 16.4. The summed E-state index contributed by atoms with van der Waals surface area (Å²) in [6, 6.07) is 1.80. The minimum Gasteiger partial charge on any atom is -0.478 e. The second-order valence-corrected chi connectivity index (χ2v) is 4.80. The molecule has 1 aromatic rings. The van der Waals surface area contributed by atoms with Gasteiger partial charge >= 0.3 is 5.97 Å². The largest absolute Gasteiger partial charge is 0.478 e. The summed E-state index contributed by atoms with van der Waals surface area (Å²) in [7, 11) is 0. The van der Waals surface area contributed by atoms with Crippen LogP contribution < -0.4 is 0 Å². The van der Waals surface area contributed by atoms with Gasteiger partial charge in [0.2, 0.25) is 0 Å². The summed E-state index contributed by atoms with van der Waals surface area (Å²) in [5.74, 6) is 0.220. The lowest BCUT2D eigenvalue weighted by Gasteiger charge is -2.00. The maximum Gasteiger partial charge on any atom is 0.337 e. The fourth-order valence-corrected chi connectivity index (χ4v) is 1.95. The van der Waals surface area contributed by atoms with Crippen molar-refractivity contribution < 1.29 is 9.90 Å². The van der Waals surface area contributed by atoms with Crippen molar-refractivity contribution in [3.05, 3.63) is 23.0 Å². The van der Waals surface area contributed by atoms with E-state index in [2.05, 4.69) is 18.8 Å². The van der Waals surface area contributed by atoms with E-state index in [-0.39, 0.29) is 0 Å². The molecule has 1 aliphatic carbocycles. The van der Waals surface area contributed by atoms with E-state index in [0.717, 1.165) is 30.7 Å². The Balaban J connectivity index is 2.27. The van der Waals surface area contributed by atoms with Gasteiger partial charge in [-0.2, -0.15) is 0 Å². The topological polar surface area (TPSA) is 53.1 Å². The van der Waals surface area contributed by atoms with Crippen molar-refractivity contribution in [3.8, 4) is 0 Å². The molecule has 0 saturated heterocycles. The van der Waals surface area contributed by atoms with E-state index in [4.69, 9.17) is 5.11 Å². The minimum absolute atomic E-state index is 0.469. The van der Waals surface area contributed by atoms with Crippen LogP contribution in [0.5, 0.6) is 0 Å². The van der Waals surface area contributed by atoms with Crippen LogP contribution in [0.25, 0.3) is 0 Å². The van der Waals surface area contributed by atoms with Crippen LogP contribution in [0.3, 0.4) is 0 Å². The van der Waals surface area contributed by atoms with E-state index >= 15 is 0 Å². The zero-order chi connectivity index (χ0) is 11.0. The number of aromatic carboxylic acids is 1. The number of nitrogens with one attached hydrogen (secondary N) is 1. The Kier molecular flexibility index (Phi) is 2.55. The van der Waals surface area contributed by atoms with Gasteiger partial charge in [0.15, 0.2) is 0 Å². The zero-order valence-electron chi connectivity index (χ0n) is 9.21. The number of hydrogen-bond donors (Lipinski definition) is 2. The fraction of sp³-hybridized carbons (Fsp3) is 0.583. The quantitative estimate of drug-likeness (QED) is 0.797. The predicted molar refractivity (Wildman–Crippen MR) is 58.3 cm³/mol. The number of carboxylic acid groups (broad SMARTS) is 1. The fourth-order valence-electron chi connectivity index (χ4n) is 1.95. The molecular formula is C12H17NO2. The summed E-state index contributed by atoms with van der Waals surface area (Å²) in [6.45, 7) is 4.27. The second-order valence-electron chi connectivity index (χ2n) is 4.80. The first-order chi connectivity index (χ1) is 7.08. The van der Waals surface area contributed by atoms with Crippen LogP contribution in [0.1, 0.15) is 54.4 Å². The lowest BCUT2D eigenvalue weighted by molar-refractivity contribution is 0.0696. The first-order valence-corrected chi connectivity index (χ1v) is 5.53. The molecule has 1 fully saturated rings. The average Bonchev–Trinajstić information content (AvgIpc) is 2.87. The smallest absolute Gasteiger partial charge is 0.337 e. The Morgan fingerprint density at radius 1 is 1.60 bits per heavy atom. The monoisotopic (exact) mass is 207 g/mol. The van der Waals surface area contributed by atoms with Crippen LogP contribution >= 0.6 is 0 Å². The molecule has 3 nitrogen and oxygen atoms in total. The molecule has 0 unspecified atom stereocenters. The van der Waals surface area contributed by atoms with E-state index in [9.17, 15) is 4.79 Å². The molecule has 0 radical (unpaired) electrons. The van der Waals surface area contributed by atoms with Crippen LogP contribution in [-0.2, 0) is 6.42 Å². The van der Waals surface area contributed by atoms with Gasteiger partial charge in [-0.05, 0) is 37.2 Å². The van der Waals surface area contributed by atoms with Gasteiger partial charge in [0.1, 0.15) is 0 Å². The van der Waals surface area contributed by atoms with Crippen molar-refractivity contribution in [2.24, 2.45) is 5.92 Å². The number of carbonyl (C=O) groups is 1. The number of H-pyrrole nitrogens is 1. The molecule has 0 bridgehead atoms. The van der Waals surface area contributed by atoms with E-state index < -0.39 is 5.97 Å². The Hall–Kier alpha value is -1.25. The number of aromatic amines is 1. The van der Waals surface area contributed by atoms with Gasteiger partial charge in [-0.3, -0.25) is 0 Å². The molecule has 82 valence electrons. The number of hydrogen-bond acceptors (Lipinski definition) is 1. The van der Waals surface area contributed by atoms with Crippen molar-refractivity contribution in [2.45, 2.75) is 39.0 Å². The standard InChI is InChI=1S/C12H17NO2/c1-7(2)5-9-6-10(12(14)15)11(13-9)8-3-4-8/h6-8,13H,3-5H2,1-2H3,(H,14,15). The molecule has 0 atom stereocenters. The van der Waals surface area contributed by atoms with Crippen molar-refractivity contribution >= 4 is 5.97 Å². The van der Waals surface area contributed by atoms with Crippen molar-refractivity contribution in [1.29, 1.82) is 0 Å². The summed E-state index contributed by atoms with van der Waals surface area (Å²) in [4.78, 5) is 14.3. The van der Waals surface area contributed by atoms with Crippen LogP contribution in [0.2, 0.25) is 0 Å². The zero-order valence-corrected chi connectivity index (χ0v) is 9.21. The van der Waals surface area contributed by atoms with Gasteiger partial charge in [0.25, 0.3) is 0 Å². The average molecular weight is 207 g/mol.